The Balaban J connectivity index is 1.91. The molecular weight excluding hydrogens is 383 g/mol. The molecule has 5 nitrogen and oxygen atoms in total. The van der Waals surface area contributed by atoms with Crippen molar-refractivity contribution in [1.29, 1.82) is 0 Å². The summed E-state index contributed by atoms with van der Waals surface area (Å²) >= 11 is 5.83. The van der Waals surface area contributed by atoms with E-state index in [1.807, 2.05) is 0 Å². The molecule has 0 saturated carbocycles. The monoisotopic (exact) mass is 393 g/mol. The van der Waals surface area contributed by atoms with Crippen LogP contribution < -0.4 is 10.1 Å². The maximum absolute atomic E-state index is 13.2. The van der Waals surface area contributed by atoms with Gasteiger partial charge in [0.25, 0.3) is 5.91 Å². The molecule has 27 heavy (non-hydrogen) atoms. The number of nitrogens with one attached hydrogen (secondary N) is 1. The molecule has 0 radical (unpaired) electrons. The summed E-state index contributed by atoms with van der Waals surface area (Å²) in [4.78, 5) is 19.7. The predicted octanol–water partition coefficient (Wildman–Crippen LogP) is 5.19. The van der Waals surface area contributed by atoms with Crippen molar-refractivity contribution >= 4 is 23.2 Å². The summed E-state index contributed by atoms with van der Waals surface area (Å²) in [5, 5.41) is 2.75. The molecule has 0 spiro atoms. The van der Waals surface area contributed by atoms with Crippen LogP contribution in [-0.4, -0.2) is 15.9 Å². The van der Waals surface area contributed by atoms with Crippen LogP contribution in [0, 0.1) is 0 Å². The van der Waals surface area contributed by atoms with Crippen LogP contribution in [0.4, 0.5) is 18.9 Å². The Morgan fingerprint density at radius 3 is 2.44 bits per heavy atom. The number of anilines is 1. The second kappa shape index (κ2) is 7.63. The molecule has 3 aromatic rings. The average Bonchev–Trinajstić information content (AvgIpc) is 2.61. The van der Waals surface area contributed by atoms with E-state index in [0.717, 1.165) is 12.1 Å². The fraction of sp³-hybridized carbons (Fsp3) is 0.0556. The second-order valence-electron chi connectivity index (χ2n) is 5.38. The van der Waals surface area contributed by atoms with Crippen LogP contribution in [0.1, 0.15) is 15.9 Å². The lowest BCUT2D eigenvalue weighted by atomic mass is 10.1. The Kier molecular flexibility index (Phi) is 5.27. The number of halogens is 4. The third-order valence-electron chi connectivity index (χ3n) is 3.35. The molecule has 1 aromatic heterocycles. The average molecular weight is 394 g/mol. The molecule has 0 fully saturated rings. The van der Waals surface area contributed by atoms with Gasteiger partial charge >= 0.3 is 6.18 Å². The molecule has 2 aromatic carbocycles. The van der Waals surface area contributed by atoms with Gasteiger partial charge < -0.3 is 10.1 Å². The largest absolute Gasteiger partial charge is 0.454 e. The standard InChI is InChI=1S/C18H11ClF3N3O2/c19-13-3-1-2-11(4-13)17(26)25-14-5-12(18(20,21)22)6-15(7-14)27-16-8-23-10-24-9-16/h1-10H,(H,25,26). The van der Waals surface area contributed by atoms with Gasteiger partial charge in [0.15, 0.2) is 5.75 Å². The van der Waals surface area contributed by atoms with Gasteiger partial charge in [-0.25, -0.2) is 9.97 Å². The number of carbonyl (C=O) groups excluding carboxylic acids is 1. The number of amides is 1. The first-order valence-corrected chi connectivity index (χ1v) is 7.91. The van der Waals surface area contributed by atoms with Gasteiger partial charge in [0.05, 0.1) is 18.0 Å². The summed E-state index contributed by atoms with van der Waals surface area (Å²) in [7, 11) is 0. The fourth-order valence-corrected chi connectivity index (χ4v) is 2.39. The quantitative estimate of drug-likeness (QED) is 0.662. The third-order valence-corrected chi connectivity index (χ3v) is 3.59. The van der Waals surface area contributed by atoms with Gasteiger partial charge in [-0.1, -0.05) is 17.7 Å². The number of nitrogens with zero attached hydrogens (tertiary/aromatic N) is 2. The zero-order chi connectivity index (χ0) is 19.4. The topological polar surface area (TPSA) is 64.1 Å². The van der Waals surface area contributed by atoms with Crippen LogP contribution >= 0.6 is 11.6 Å². The smallest absolute Gasteiger partial charge is 0.416 e. The Bertz CT molecular complexity index is 966. The number of ether oxygens (including phenoxy) is 1. The molecule has 0 bridgehead atoms. The Morgan fingerprint density at radius 2 is 1.78 bits per heavy atom. The van der Waals surface area contributed by atoms with Crippen molar-refractivity contribution in [1.82, 2.24) is 9.97 Å². The maximum atomic E-state index is 13.2. The molecular formula is C18H11ClF3N3O2. The summed E-state index contributed by atoms with van der Waals surface area (Å²) < 4.78 is 44.9. The van der Waals surface area contributed by atoms with Gasteiger partial charge in [0.1, 0.15) is 12.1 Å². The van der Waals surface area contributed by atoms with E-state index in [0.29, 0.717) is 5.02 Å². The van der Waals surface area contributed by atoms with Gasteiger partial charge in [0.2, 0.25) is 0 Å². The molecule has 3 rings (SSSR count). The number of benzene rings is 2. The van der Waals surface area contributed by atoms with Crippen LogP contribution in [-0.2, 0) is 6.18 Å². The van der Waals surface area contributed by atoms with E-state index in [1.165, 1.54) is 36.9 Å². The summed E-state index contributed by atoms with van der Waals surface area (Å²) in [6, 6.07) is 8.95. The zero-order valence-electron chi connectivity index (χ0n) is 13.5. The molecule has 1 heterocycles. The summed E-state index contributed by atoms with van der Waals surface area (Å²) in [6.07, 6.45) is -0.757. The molecule has 1 N–H and O–H groups in total. The van der Waals surface area contributed by atoms with Crippen molar-refractivity contribution in [3.63, 3.8) is 0 Å². The summed E-state index contributed by atoms with van der Waals surface area (Å²) in [5.41, 5.74) is -0.848. The molecule has 0 unspecified atom stereocenters. The number of aromatic nitrogens is 2. The van der Waals surface area contributed by atoms with Crippen LogP contribution in [0.15, 0.2) is 61.2 Å². The highest BCUT2D eigenvalue weighted by Gasteiger charge is 2.31. The Labute approximate surface area is 156 Å². The van der Waals surface area contributed by atoms with Gasteiger partial charge in [-0.3, -0.25) is 4.79 Å². The number of alkyl halides is 3. The van der Waals surface area contributed by atoms with E-state index in [1.54, 1.807) is 12.1 Å². The van der Waals surface area contributed by atoms with Crippen molar-refractivity contribution in [2.75, 3.05) is 5.32 Å². The van der Waals surface area contributed by atoms with Gasteiger partial charge in [0, 0.05) is 22.3 Å². The van der Waals surface area contributed by atoms with Gasteiger partial charge in [-0.15, -0.1) is 0 Å². The molecule has 0 aliphatic carbocycles. The SMILES string of the molecule is O=C(Nc1cc(Oc2cncnc2)cc(C(F)(F)F)c1)c1cccc(Cl)c1. The van der Waals surface area contributed by atoms with Crippen molar-refractivity contribution < 1.29 is 22.7 Å². The third kappa shape index (κ3) is 4.95. The number of carbonyl (C=O) groups is 1. The van der Waals surface area contributed by atoms with Crippen LogP contribution in [0.2, 0.25) is 5.02 Å². The first-order chi connectivity index (χ1) is 12.8. The lowest BCUT2D eigenvalue weighted by Gasteiger charge is -2.13. The molecule has 0 atom stereocenters. The summed E-state index contributed by atoms with van der Waals surface area (Å²) in [5.74, 6) is -0.573. The van der Waals surface area contributed by atoms with Crippen molar-refractivity contribution in [2.24, 2.45) is 0 Å². The highest BCUT2D eigenvalue weighted by molar-refractivity contribution is 6.31. The Morgan fingerprint density at radius 1 is 1.04 bits per heavy atom. The highest BCUT2D eigenvalue weighted by atomic mass is 35.5. The van der Waals surface area contributed by atoms with E-state index in [4.69, 9.17) is 16.3 Å². The predicted molar refractivity (Wildman–Crippen MR) is 93.0 cm³/mol. The molecule has 0 aliphatic rings. The number of hydrogen-bond donors (Lipinski definition) is 1. The minimum atomic E-state index is -4.62. The maximum Gasteiger partial charge on any atom is 0.416 e. The number of hydrogen-bond acceptors (Lipinski definition) is 4. The lowest BCUT2D eigenvalue weighted by Crippen LogP contribution is -2.13. The van der Waals surface area contributed by atoms with E-state index < -0.39 is 17.6 Å². The number of rotatable bonds is 4. The molecule has 138 valence electrons. The van der Waals surface area contributed by atoms with Gasteiger partial charge in [-0.05, 0) is 30.3 Å². The van der Waals surface area contributed by atoms with E-state index in [9.17, 15) is 18.0 Å². The van der Waals surface area contributed by atoms with Crippen LogP contribution in [0.25, 0.3) is 0 Å². The van der Waals surface area contributed by atoms with Crippen LogP contribution in [0.3, 0.4) is 0 Å². The molecule has 9 heteroatoms. The van der Waals surface area contributed by atoms with E-state index in [2.05, 4.69) is 15.3 Å². The minimum Gasteiger partial charge on any atom is -0.454 e. The van der Waals surface area contributed by atoms with Crippen LogP contribution in [0.5, 0.6) is 11.5 Å². The van der Waals surface area contributed by atoms with E-state index >= 15 is 0 Å². The fourth-order valence-electron chi connectivity index (χ4n) is 2.20. The first kappa shape index (κ1) is 18.7. The lowest BCUT2D eigenvalue weighted by molar-refractivity contribution is -0.137. The second-order valence-corrected chi connectivity index (χ2v) is 5.82. The van der Waals surface area contributed by atoms with E-state index in [-0.39, 0.29) is 22.7 Å². The zero-order valence-corrected chi connectivity index (χ0v) is 14.3. The minimum absolute atomic E-state index is 0.0818. The molecule has 1 amide bonds. The Hall–Kier alpha value is -3.13. The first-order valence-electron chi connectivity index (χ1n) is 7.53. The molecule has 0 aliphatic heterocycles. The van der Waals surface area contributed by atoms with Crippen molar-refractivity contribution in [3.05, 3.63) is 77.3 Å². The highest BCUT2D eigenvalue weighted by Crippen LogP contribution is 2.35. The normalized spacial score (nSPS) is 11.1. The van der Waals surface area contributed by atoms with Gasteiger partial charge in [-0.2, -0.15) is 13.2 Å². The van der Waals surface area contributed by atoms with Crippen molar-refractivity contribution in [2.45, 2.75) is 6.18 Å². The summed E-state index contributed by atoms with van der Waals surface area (Å²) in [6.45, 7) is 0. The van der Waals surface area contributed by atoms with Crippen molar-refractivity contribution in [3.8, 4) is 11.5 Å². The molecule has 0 saturated heterocycles.